The highest BCUT2D eigenvalue weighted by molar-refractivity contribution is 7.10. The summed E-state index contributed by atoms with van der Waals surface area (Å²) in [4.78, 5) is 18.8. The average Bonchev–Trinajstić information content (AvgIpc) is 3.12. The Bertz CT molecular complexity index is 805. The second-order valence-corrected chi connectivity index (χ2v) is 9.27. The maximum Gasteiger partial charge on any atom is 0.254 e. The Balaban J connectivity index is 1.64. The number of nitrogens with zero attached hydrogens (tertiary/aromatic N) is 2. The summed E-state index contributed by atoms with van der Waals surface area (Å²) in [7, 11) is 0. The number of anilines is 1. The van der Waals surface area contributed by atoms with Gasteiger partial charge in [-0.25, -0.2) is 0 Å². The van der Waals surface area contributed by atoms with Gasteiger partial charge in [0.05, 0.1) is 0 Å². The van der Waals surface area contributed by atoms with Crippen LogP contribution in [0.3, 0.4) is 0 Å². The van der Waals surface area contributed by atoms with Gasteiger partial charge in [0.25, 0.3) is 5.91 Å². The van der Waals surface area contributed by atoms with E-state index in [4.69, 9.17) is 0 Å². The highest BCUT2D eigenvalue weighted by Gasteiger charge is 2.29. The quantitative estimate of drug-likeness (QED) is 0.688. The molecule has 1 amide bonds. The number of aryl methyl sites for hydroxylation is 1. The summed E-state index contributed by atoms with van der Waals surface area (Å²) in [6.07, 6.45) is 0.707. The molecule has 1 unspecified atom stereocenters. The molecule has 0 aliphatic carbocycles. The van der Waals surface area contributed by atoms with Crippen molar-refractivity contribution < 1.29 is 9.90 Å². The number of aliphatic hydroxyl groups excluding tert-OH is 1. The van der Waals surface area contributed by atoms with Crippen molar-refractivity contribution in [1.29, 1.82) is 0 Å². The Morgan fingerprint density at radius 2 is 2.14 bits per heavy atom. The van der Waals surface area contributed by atoms with E-state index in [2.05, 4.69) is 42.4 Å². The SMILES string of the molecule is Cc1ccsc1CNc1cccc(C(=O)N2CCN(CC(C)C)C(CCO)C2)c1. The molecule has 6 heteroatoms. The van der Waals surface area contributed by atoms with E-state index in [-0.39, 0.29) is 18.6 Å². The van der Waals surface area contributed by atoms with Gasteiger partial charge in [0.2, 0.25) is 0 Å². The van der Waals surface area contributed by atoms with Crippen molar-refractivity contribution in [2.24, 2.45) is 5.92 Å². The van der Waals surface area contributed by atoms with Gasteiger partial charge in [-0.3, -0.25) is 9.69 Å². The van der Waals surface area contributed by atoms with Gasteiger partial charge in [0, 0.05) is 61.5 Å². The Morgan fingerprint density at radius 3 is 2.83 bits per heavy atom. The minimum absolute atomic E-state index is 0.0769. The highest BCUT2D eigenvalue weighted by atomic mass is 32.1. The van der Waals surface area contributed by atoms with Crippen LogP contribution in [-0.2, 0) is 6.54 Å². The van der Waals surface area contributed by atoms with Crippen LogP contribution in [0, 0.1) is 12.8 Å². The van der Waals surface area contributed by atoms with Crippen molar-refractivity contribution in [3.63, 3.8) is 0 Å². The van der Waals surface area contributed by atoms with Crippen molar-refractivity contribution in [2.45, 2.75) is 39.8 Å². The van der Waals surface area contributed by atoms with Gasteiger partial charge < -0.3 is 15.3 Å². The monoisotopic (exact) mass is 415 g/mol. The second-order valence-electron chi connectivity index (χ2n) is 8.27. The van der Waals surface area contributed by atoms with E-state index in [9.17, 15) is 9.90 Å². The highest BCUT2D eigenvalue weighted by Crippen LogP contribution is 2.21. The fourth-order valence-electron chi connectivity index (χ4n) is 3.92. The molecule has 2 heterocycles. The lowest BCUT2D eigenvalue weighted by Crippen LogP contribution is -2.55. The number of carbonyl (C=O) groups excluding carboxylic acids is 1. The predicted molar refractivity (Wildman–Crippen MR) is 121 cm³/mol. The molecule has 5 nitrogen and oxygen atoms in total. The van der Waals surface area contributed by atoms with Gasteiger partial charge >= 0.3 is 0 Å². The van der Waals surface area contributed by atoms with Crippen LogP contribution in [0.5, 0.6) is 0 Å². The minimum atomic E-state index is 0.0769. The number of benzene rings is 1. The Kier molecular flexibility index (Phi) is 7.70. The zero-order chi connectivity index (χ0) is 20.8. The van der Waals surface area contributed by atoms with E-state index >= 15 is 0 Å². The molecular formula is C23H33N3O2S. The number of piperazine rings is 1. The molecule has 158 valence electrons. The fourth-order valence-corrected chi connectivity index (χ4v) is 4.77. The summed E-state index contributed by atoms with van der Waals surface area (Å²) < 4.78 is 0. The molecular weight excluding hydrogens is 382 g/mol. The predicted octanol–water partition coefficient (Wildman–Crippen LogP) is 3.83. The van der Waals surface area contributed by atoms with Crippen LogP contribution in [0.15, 0.2) is 35.7 Å². The summed E-state index contributed by atoms with van der Waals surface area (Å²) in [6.45, 7) is 10.8. The number of aliphatic hydroxyl groups is 1. The topological polar surface area (TPSA) is 55.8 Å². The summed E-state index contributed by atoms with van der Waals surface area (Å²) in [5.41, 5.74) is 2.98. The summed E-state index contributed by atoms with van der Waals surface area (Å²) in [6, 6.07) is 10.1. The first-order valence-electron chi connectivity index (χ1n) is 10.5. The van der Waals surface area contributed by atoms with Crippen molar-refractivity contribution >= 4 is 22.9 Å². The first-order chi connectivity index (χ1) is 14.0. The van der Waals surface area contributed by atoms with Crippen LogP contribution in [0.25, 0.3) is 0 Å². The van der Waals surface area contributed by atoms with Crippen LogP contribution in [0.2, 0.25) is 0 Å². The Hall–Kier alpha value is -1.89. The number of thiophene rings is 1. The summed E-state index contributed by atoms with van der Waals surface area (Å²) >= 11 is 1.75. The number of hydrogen-bond donors (Lipinski definition) is 2. The number of hydrogen-bond acceptors (Lipinski definition) is 5. The third-order valence-corrected chi connectivity index (χ3v) is 6.51. The summed E-state index contributed by atoms with van der Waals surface area (Å²) in [5, 5.41) is 15.0. The smallest absolute Gasteiger partial charge is 0.254 e. The molecule has 0 radical (unpaired) electrons. The third-order valence-electron chi connectivity index (χ3n) is 5.48. The standard InChI is InChI=1S/C23H33N3O2S/c1-17(2)15-25-9-10-26(16-21(25)7-11-27)23(28)19-5-4-6-20(13-19)24-14-22-18(3)8-12-29-22/h4-6,8,12-13,17,21,24,27H,7,9-11,14-16H2,1-3H3. The van der Waals surface area contributed by atoms with E-state index in [0.29, 0.717) is 18.9 Å². The lowest BCUT2D eigenvalue weighted by Gasteiger charge is -2.42. The molecule has 1 atom stereocenters. The van der Waals surface area contributed by atoms with E-state index in [1.807, 2.05) is 29.2 Å². The first kappa shape index (κ1) is 21.8. The Morgan fingerprint density at radius 1 is 1.31 bits per heavy atom. The maximum atomic E-state index is 13.1. The molecule has 1 saturated heterocycles. The average molecular weight is 416 g/mol. The van der Waals surface area contributed by atoms with E-state index in [1.54, 1.807) is 11.3 Å². The molecule has 0 saturated carbocycles. The van der Waals surface area contributed by atoms with Gasteiger partial charge in [0.15, 0.2) is 0 Å². The normalized spacial score (nSPS) is 17.7. The number of nitrogens with one attached hydrogen (secondary N) is 1. The number of rotatable bonds is 8. The molecule has 1 fully saturated rings. The molecule has 1 aliphatic rings. The molecule has 0 spiro atoms. The van der Waals surface area contributed by atoms with E-state index in [0.717, 1.165) is 37.4 Å². The van der Waals surface area contributed by atoms with Crippen LogP contribution in [-0.4, -0.2) is 59.6 Å². The molecule has 29 heavy (non-hydrogen) atoms. The maximum absolute atomic E-state index is 13.1. The third kappa shape index (κ3) is 5.81. The molecule has 2 N–H and O–H groups in total. The zero-order valence-corrected chi connectivity index (χ0v) is 18.5. The lowest BCUT2D eigenvalue weighted by molar-refractivity contribution is 0.0384. The van der Waals surface area contributed by atoms with Gasteiger partial charge in [0.1, 0.15) is 0 Å². The number of amides is 1. The largest absolute Gasteiger partial charge is 0.396 e. The molecule has 1 aromatic heterocycles. The first-order valence-corrected chi connectivity index (χ1v) is 11.4. The molecule has 1 aliphatic heterocycles. The second kappa shape index (κ2) is 10.2. The van der Waals surface area contributed by atoms with Crippen molar-refractivity contribution in [3.05, 3.63) is 51.7 Å². The van der Waals surface area contributed by atoms with Crippen molar-refractivity contribution in [3.8, 4) is 0 Å². The fraction of sp³-hybridized carbons (Fsp3) is 0.522. The van der Waals surface area contributed by atoms with E-state index < -0.39 is 0 Å². The summed E-state index contributed by atoms with van der Waals surface area (Å²) in [5.74, 6) is 0.654. The van der Waals surface area contributed by atoms with Crippen LogP contribution in [0.4, 0.5) is 5.69 Å². The van der Waals surface area contributed by atoms with Crippen molar-refractivity contribution in [2.75, 3.05) is 38.1 Å². The van der Waals surface area contributed by atoms with Crippen LogP contribution < -0.4 is 5.32 Å². The lowest BCUT2D eigenvalue weighted by atomic mass is 10.0. The van der Waals surface area contributed by atoms with Gasteiger partial charge in [-0.1, -0.05) is 19.9 Å². The van der Waals surface area contributed by atoms with Gasteiger partial charge in [-0.15, -0.1) is 11.3 Å². The van der Waals surface area contributed by atoms with Gasteiger partial charge in [-0.2, -0.15) is 0 Å². The molecule has 3 rings (SSSR count). The number of carbonyl (C=O) groups is 1. The molecule has 0 bridgehead atoms. The molecule has 2 aromatic rings. The van der Waals surface area contributed by atoms with E-state index in [1.165, 1.54) is 10.4 Å². The van der Waals surface area contributed by atoms with Gasteiger partial charge in [-0.05, 0) is 54.5 Å². The van der Waals surface area contributed by atoms with Crippen molar-refractivity contribution in [1.82, 2.24) is 9.80 Å². The van der Waals surface area contributed by atoms with Crippen LogP contribution in [0.1, 0.15) is 41.1 Å². The minimum Gasteiger partial charge on any atom is -0.396 e. The zero-order valence-electron chi connectivity index (χ0n) is 17.7. The molecule has 1 aromatic carbocycles. The Labute approximate surface area is 178 Å². The van der Waals surface area contributed by atoms with Crippen LogP contribution >= 0.6 is 11.3 Å².